The lowest BCUT2D eigenvalue weighted by atomic mass is 9.95. The highest BCUT2D eigenvalue weighted by molar-refractivity contribution is 5.94. The lowest BCUT2D eigenvalue weighted by Crippen LogP contribution is -2.43. The number of carbonyl (C=O) groups is 2. The third-order valence-corrected chi connectivity index (χ3v) is 3.86. The minimum absolute atomic E-state index is 0.0446. The second kappa shape index (κ2) is 6.70. The lowest BCUT2D eigenvalue weighted by molar-refractivity contribution is -0.126. The molecule has 1 fully saturated rings. The van der Waals surface area contributed by atoms with Crippen molar-refractivity contribution in [3.05, 3.63) is 35.1 Å². The molecule has 1 aliphatic rings. The summed E-state index contributed by atoms with van der Waals surface area (Å²) in [7, 11) is 0. The number of hydrogen-bond acceptors (Lipinski definition) is 2. The van der Waals surface area contributed by atoms with Gasteiger partial charge < -0.3 is 10.2 Å². The van der Waals surface area contributed by atoms with Gasteiger partial charge in [-0.25, -0.2) is 4.39 Å². The van der Waals surface area contributed by atoms with Crippen LogP contribution < -0.4 is 5.32 Å². The Hall–Kier alpha value is -1.91. The van der Waals surface area contributed by atoms with Crippen LogP contribution in [0.3, 0.4) is 0 Å². The molecule has 21 heavy (non-hydrogen) atoms. The SMILES string of the molecule is CCNC(=O)C1CCN(C(=O)c2ccc(C)cc2F)CC1. The number of amides is 2. The minimum atomic E-state index is -0.481. The Morgan fingerprint density at radius 2 is 2.00 bits per heavy atom. The number of aryl methyl sites for hydroxylation is 1. The molecule has 5 heteroatoms. The number of rotatable bonds is 3. The zero-order valence-corrected chi connectivity index (χ0v) is 12.5. The van der Waals surface area contributed by atoms with E-state index in [0.29, 0.717) is 32.5 Å². The Bertz CT molecular complexity index is 537. The van der Waals surface area contributed by atoms with Gasteiger partial charge in [0.05, 0.1) is 5.56 Å². The van der Waals surface area contributed by atoms with Crippen molar-refractivity contribution in [3.63, 3.8) is 0 Å². The monoisotopic (exact) mass is 292 g/mol. The fourth-order valence-corrected chi connectivity index (χ4v) is 2.63. The van der Waals surface area contributed by atoms with E-state index < -0.39 is 5.82 Å². The third kappa shape index (κ3) is 3.60. The van der Waals surface area contributed by atoms with Gasteiger partial charge in [0.25, 0.3) is 5.91 Å². The van der Waals surface area contributed by atoms with Gasteiger partial charge in [-0.1, -0.05) is 6.07 Å². The predicted octanol–water partition coefficient (Wildman–Crippen LogP) is 2.12. The second-order valence-electron chi connectivity index (χ2n) is 5.44. The van der Waals surface area contributed by atoms with E-state index in [4.69, 9.17) is 0 Å². The Balaban J connectivity index is 1.98. The number of piperidine rings is 1. The molecule has 2 amide bonds. The first kappa shape index (κ1) is 15.5. The molecule has 0 bridgehead atoms. The largest absolute Gasteiger partial charge is 0.356 e. The van der Waals surface area contributed by atoms with Crippen LogP contribution in [-0.4, -0.2) is 36.3 Å². The van der Waals surface area contributed by atoms with Gasteiger partial charge in [0.2, 0.25) is 5.91 Å². The molecule has 0 spiro atoms. The van der Waals surface area contributed by atoms with Crippen molar-refractivity contribution in [2.24, 2.45) is 5.92 Å². The van der Waals surface area contributed by atoms with Crippen molar-refractivity contribution in [2.75, 3.05) is 19.6 Å². The molecular weight excluding hydrogens is 271 g/mol. The zero-order chi connectivity index (χ0) is 15.4. The van der Waals surface area contributed by atoms with E-state index in [0.717, 1.165) is 5.56 Å². The molecule has 0 saturated carbocycles. The number of carbonyl (C=O) groups excluding carboxylic acids is 2. The van der Waals surface area contributed by atoms with E-state index in [1.807, 2.05) is 6.92 Å². The molecule has 1 aromatic carbocycles. The Labute approximate surface area is 124 Å². The summed E-state index contributed by atoms with van der Waals surface area (Å²) >= 11 is 0. The number of hydrogen-bond donors (Lipinski definition) is 1. The molecule has 0 aliphatic carbocycles. The van der Waals surface area contributed by atoms with Crippen molar-refractivity contribution in [2.45, 2.75) is 26.7 Å². The summed E-state index contributed by atoms with van der Waals surface area (Å²) in [6, 6.07) is 4.63. The molecule has 1 aromatic rings. The van der Waals surface area contributed by atoms with Gasteiger partial charge in [0.15, 0.2) is 0 Å². The first-order valence-corrected chi connectivity index (χ1v) is 7.36. The quantitative estimate of drug-likeness (QED) is 0.927. The second-order valence-corrected chi connectivity index (χ2v) is 5.44. The highest BCUT2D eigenvalue weighted by Gasteiger charge is 2.28. The van der Waals surface area contributed by atoms with E-state index in [2.05, 4.69) is 5.32 Å². The molecule has 4 nitrogen and oxygen atoms in total. The molecule has 0 radical (unpaired) electrons. The van der Waals surface area contributed by atoms with E-state index >= 15 is 0 Å². The van der Waals surface area contributed by atoms with Gasteiger partial charge in [0, 0.05) is 25.6 Å². The van der Waals surface area contributed by atoms with E-state index in [-0.39, 0.29) is 23.3 Å². The van der Waals surface area contributed by atoms with Gasteiger partial charge in [-0.05, 0) is 44.4 Å². The molecule has 2 rings (SSSR count). The van der Waals surface area contributed by atoms with Gasteiger partial charge >= 0.3 is 0 Å². The van der Waals surface area contributed by atoms with Gasteiger partial charge in [-0.3, -0.25) is 9.59 Å². The van der Waals surface area contributed by atoms with Crippen LogP contribution in [0.4, 0.5) is 4.39 Å². The summed E-state index contributed by atoms with van der Waals surface area (Å²) in [4.78, 5) is 25.7. The topological polar surface area (TPSA) is 49.4 Å². The van der Waals surface area contributed by atoms with Crippen molar-refractivity contribution < 1.29 is 14.0 Å². The summed E-state index contributed by atoms with van der Waals surface area (Å²) in [5, 5.41) is 2.80. The van der Waals surface area contributed by atoms with Crippen LogP contribution in [0, 0.1) is 18.7 Å². The van der Waals surface area contributed by atoms with Crippen LogP contribution >= 0.6 is 0 Å². The van der Waals surface area contributed by atoms with Crippen LogP contribution in [0.1, 0.15) is 35.7 Å². The van der Waals surface area contributed by atoms with E-state index in [9.17, 15) is 14.0 Å². The fourth-order valence-electron chi connectivity index (χ4n) is 2.63. The van der Waals surface area contributed by atoms with Crippen LogP contribution in [-0.2, 0) is 4.79 Å². The zero-order valence-electron chi connectivity index (χ0n) is 12.5. The Kier molecular flexibility index (Phi) is 4.94. The average molecular weight is 292 g/mol. The molecule has 1 N–H and O–H groups in total. The molecule has 0 atom stereocenters. The highest BCUT2D eigenvalue weighted by Crippen LogP contribution is 2.20. The molecule has 0 unspecified atom stereocenters. The van der Waals surface area contributed by atoms with Gasteiger partial charge in [-0.2, -0.15) is 0 Å². The molecule has 1 aliphatic heterocycles. The molecule has 114 valence electrons. The summed E-state index contributed by atoms with van der Waals surface area (Å²) in [5.41, 5.74) is 0.899. The third-order valence-electron chi connectivity index (χ3n) is 3.86. The van der Waals surface area contributed by atoms with Crippen molar-refractivity contribution in [1.82, 2.24) is 10.2 Å². The highest BCUT2D eigenvalue weighted by atomic mass is 19.1. The minimum Gasteiger partial charge on any atom is -0.356 e. The normalized spacial score (nSPS) is 15.9. The molecule has 1 saturated heterocycles. The van der Waals surface area contributed by atoms with Crippen LogP contribution in [0.5, 0.6) is 0 Å². The predicted molar refractivity (Wildman–Crippen MR) is 78.4 cm³/mol. The van der Waals surface area contributed by atoms with Crippen molar-refractivity contribution in [1.29, 1.82) is 0 Å². The Morgan fingerprint density at radius 3 is 2.57 bits per heavy atom. The van der Waals surface area contributed by atoms with E-state index in [1.165, 1.54) is 12.1 Å². The maximum absolute atomic E-state index is 13.8. The summed E-state index contributed by atoms with van der Waals surface area (Å²) < 4.78 is 13.8. The number of halogens is 1. The van der Waals surface area contributed by atoms with Gasteiger partial charge in [0.1, 0.15) is 5.82 Å². The van der Waals surface area contributed by atoms with Crippen LogP contribution in [0.15, 0.2) is 18.2 Å². The number of nitrogens with zero attached hydrogens (tertiary/aromatic N) is 1. The smallest absolute Gasteiger partial charge is 0.256 e. The van der Waals surface area contributed by atoms with Crippen molar-refractivity contribution in [3.8, 4) is 0 Å². The summed E-state index contributed by atoms with van der Waals surface area (Å²) in [5.74, 6) is -0.768. The van der Waals surface area contributed by atoms with Crippen LogP contribution in [0.2, 0.25) is 0 Å². The fraction of sp³-hybridized carbons (Fsp3) is 0.500. The first-order chi connectivity index (χ1) is 10.0. The van der Waals surface area contributed by atoms with Crippen molar-refractivity contribution >= 4 is 11.8 Å². The summed E-state index contributed by atoms with van der Waals surface area (Å²) in [6.07, 6.45) is 1.26. The number of likely N-dealkylation sites (tertiary alicyclic amines) is 1. The average Bonchev–Trinajstić information content (AvgIpc) is 2.47. The van der Waals surface area contributed by atoms with Gasteiger partial charge in [-0.15, -0.1) is 0 Å². The Morgan fingerprint density at radius 1 is 1.33 bits per heavy atom. The standard InChI is InChI=1S/C16H21FN2O2/c1-3-18-15(20)12-6-8-19(9-7-12)16(21)13-5-4-11(2)10-14(13)17/h4-5,10,12H,3,6-9H2,1-2H3,(H,18,20). The maximum atomic E-state index is 13.8. The molecule has 0 aromatic heterocycles. The lowest BCUT2D eigenvalue weighted by Gasteiger charge is -2.31. The molecular formula is C16H21FN2O2. The van der Waals surface area contributed by atoms with Crippen LogP contribution in [0.25, 0.3) is 0 Å². The molecule has 1 heterocycles. The van der Waals surface area contributed by atoms with E-state index in [1.54, 1.807) is 17.9 Å². The number of nitrogens with one attached hydrogen (secondary N) is 1. The summed E-state index contributed by atoms with van der Waals surface area (Å²) in [6.45, 7) is 5.28. The first-order valence-electron chi connectivity index (χ1n) is 7.36. The number of benzene rings is 1. The maximum Gasteiger partial charge on any atom is 0.256 e.